The third-order valence-corrected chi connectivity index (χ3v) is 8.45. The van der Waals surface area contributed by atoms with Crippen LogP contribution in [0.15, 0.2) is 64.8 Å². The summed E-state index contributed by atoms with van der Waals surface area (Å²) in [4.78, 5) is 29.7. The van der Waals surface area contributed by atoms with E-state index in [1.165, 1.54) is 26.4 Å². The number of thiophene rings is 1. The highest BCUT2D eigenvalue weighted by atomic mass is 32.1. The Hall–Kier alpha value is -3.36. The molecule has 1 aliphatic rings. The fourth-order valence-corrected chi connectivity index (χ4v) is 6.01. The van der Waals surface area contributed by atoms with Crippen LogP contribution in [-0.4, -0.2) is 54.8 Å². The summed E-state index contributed by atoms with van der Waals surface area (Å²) in [5.74, 6) is 0.857. The highest BCUT2D eigenvalue weighted by molar-refractivity contribution is 7.17. The van der Waals surface area contributed by atoms with Gasteiger partial charge in [0.25, 0.3) is 5.56 Å². The molecule has 212 valence electrons. The van der Waals surface area contributed by atoms with Gasteiger partial charge in [0.2, 0.25) is 0 Å². The second kappa shape index (κ2) is 13.3. The SMILES string of the molecule is CC(C)CCC(=O)OCn1c(=O)ccc2ccc(OCCCCN3CCN(c4cccc5sccc45)CC3)cc21. The molecule has 7 nitrogen and oxygen atoms in total. The van der Waals surface area contributed by atoms with Gasteiger partial charge in [-0.15, -0.1) is 11.3 Å². The third-order valence-electron chi connectivity index (χ3n) is 7.57. The van der Waals surface area contributed by atoms with Gasteiger partial charge >= 0.3 is 5.97 Å². The summed E-state index contributed by atoms with van der Waals surface area (Å²) in [5.41, 5.74) is 1.86. The number of ether oxygens (including phenoxy) is 2. The van der Waals surface area contributed by atoms with Crippen molar-refractivity contribution in [3.8, 4) is 5.75 Å². The normalized spacial score (nSPS) is 14.3. The summed E-state index contributed by atoms with van der Waals surface area (Å²) in [7, 11) is 0. The number of unbranched alkanes of at least 4 members (excludes halogenated alkanes) is 1. The smallest absolute Gasteiger partial charge is 0.307 e. The molecular formula is C32H39N3O4S. The van der Waals surface area contributed by atoms with Crippen LogP contribution in [-0.2, 0) is 16.3 Å². The number of hydrogen-bond acceptors (Lipinski definition) is 7. The lowest BCUT2D eigenvalue weighted by Crippen LogP contribution is -2.46. The van der Waals surface area contributed by atoms with Crippen molar-refractivity contribution in [2.45, 2.75) is 46.3 Å². The Morgan fingerprint density at radius 1 is 1.00 bits per heavy atom. The predicted molar refractivity (Wildman–Crippen MR) is 164 cm³/mol. The Balaban J connectivity index is 1.07. The van der Waals surface area contributed by atoms with Gasteiger partial charge in [0.05, 0.1) is 12.1 Å². The molecule has 8 heteroatoms. The van der Waals surface area contributed by atoms with E-state index in [2.05, 4.69) is 53.3 Å². The Morgan fingerprint density at radius 3 is 2.65 bits per heavy atom. The summed E-state index contributed by atoms with van der Waals surface area (Å²) in [6.45, 7) is 9.99. The highest BCUT2D eigenvalue weighted by Crippen LogP contribution is 2.31. The van der Waals surface area contributed by atoms with Gasteiger partial charge in [-0.05, 0) is 78.9 Å². The number of hydrogen-bond donors (Lipinski definition) is 0. The minimum Gasteiger partial charge on any atom is -0.494 e. The van der Waals surface area contributed by atoms with Crippen molar-refractivity contribution < 1.29 is 14.3 Å². The average Bonchev–Trinajstić information content (AvgIpc) is 3.45. The molecule has 0 saturated carbocycles. The molecule has 5 rings (SSSR count). The van der Waals surface area contributed by atoms with Gasteiger partial charge in [0.1, 0.15) is 5.75 Å². The van der Waals surface area contributed by atoms with Gasteiger partial charge in [0.15, 0.2) is 6.73 Å². The molecule has 4 aromatic rings. The Morgan fingerprint density at radius 2 is 1.82 bits per heavy atom. The first-order valence-corrected chi connectivity index (χ1v) is 15.2. The number of pyridine rings is 1. The van der Waals surface area contributed by atoms with E-state index < -0.39 is 0 Å². The zero-order chi connectivity index (χ0) is 27.9. The maximum Gasteiger partial charge on any atom is 0.307 e. The third kappa shape index (κ3) is 7.04. The number of rotatable bonds is 12. The zero-order valence-electron chi connectivity index (χ0n) is 23.5. The largest absolute Gasteiger partial charge is 0.494 e. The van der Waals surface area contributed by atoms with Crippen LogP contribution in [0, 0.1) is 5.92 Å². The Bertz CT molecular complexity index is 1490. The van der Waals surface area contributed by atoms with E-state index in [1.807, 2.05) is 18.2 Å². The van der Waals surface area contributed by atoms with Crippen molar-refractivity contribution in [3.63, 3.8) is 0 Å². The van der Waals surface area contributed by atoms with Crippen LogP contribution < -0.4 is 15.2 Å². The fourth-order valence-electron chi connectivity index (χ4n) is 5.20. The standard InChI is InChI=1S/C32H39N3O4S/c1-24(2)8-13-32(37)39-23-35-29-22-26(11-9-25(29)10-12-31(35)36)38-20-4-3-15-33-16-18-34(19-17-33)28-6-5-7-30-27(28)14-21-40-30/h5-7,9-12,14,21-22,24H,3-4,8,13,15-20,23H2,1-2H3. The van der Waals surface area contributed by atoms with Crippen LogP contribution >= 0.6 is 11.3 Å². The predicted octanol–water partition coefficient (Wildman–Crippen LogP) is 6.13. The van der Waals surface area contributed by atoms with Gasteiger partial charge in [-0.1, -0.05) is 19.9 Å². The molecule has 2 aromatic heterocycles. The summed E-state index contributed by atoms with van der Waals surface area (Å²) in [6, 6.07) is 17.9. The molecule has 0 aliphatic carbocycles. The van der Waals surface area contributed by atoms with Crippen molar-refractivity contribution in [1.29, 1.82) is 0 Å². The molecule has 1 aliphatic heterocycles. The summed E-state index contributed by atoms with van der Waals surface area (Å²) >= 11 is 1.81. The summed E-state index contributed by atoms with van der Waals surface area (Å²) in [5, 5.41) is 4.45. The topological polar surface area (TPSA) is 64.0 Å². The van der Waals surface area contributed by atoms with Gasteiger partial charge in [-0.3, -0.25) is 19.1 Å². The van der Waals surface area contributed by atoms with Crippen LogP contribution in [0.25, 0.3) is 21.0 Å². The van der Waals surface area contributed by atoms with Crippen LogP contribution in [0.2, 0.25) is 0 Å². The molecule has 0 spiro atoms. The van der Waals surface area contributed by atoms with E-state index in [9.17, 15) is 9.59 Å². The maximum absolute atomic E-state index is 12.5. The van der Waals surface area contributed by atoms with Gasteiger partial charge < -0.3 is 14.4 Å². The second-order valence-electron chi connectivity index (χ2n) is 10.9. The van der Waals surface area contributed by atoms with Crippen LogP contribution in [0.5, 0.6) is 5.75 Å². The number of benzene rings is 2. The first-order chi connectivity index (χ1) is 19.5. The van der Waals surface area contributed by atoms with Crippen LogP contribution in [0.3, 0.4) is 0 Å². The number of piperazine rings is 1. The molecule has 0 atom stereocenters. The van der Waals surface area contributed by atoms with E-state index in [-0.39, 0.29) is 18.3 Å². The molecule has 40 heavy (non-hydrogen) atoms. The highest BCUT2D eigenvalue weighted by Gasteiger charge is 2.18. The molecule has 0 amide bonds. The molecule has 1 fully saturated rings. The molecule has 1 saturated heterocycles. The molecule has 0 unspecified atom stereocenters. The van der Waals surface area contributed by atoms with Crippen molar-refractivity contribution >= 4 is 44.0 Å². The van der Waals surface area contributed by atoms with Crippen molar-refractivity contribution in [2.24, 2.45) is 5.92 Å². The summed E-state index contributed by atoms with van der Waals surface area (Å²) < 4.78 is 14.3. The van der Waals surface area contributed by atoms with E-state index in [0.29, 0.717) is 30.2 Å². The first kappa shape index (κ1) is 28.2. The number of esters is 1. The lowest BCUT2D eigenvalue weighted by atomic mass is 10.1. The van der Waals surface area contributed by atoms with Gasteiger partial charge in [0, 0.05) is 60.5 Å². The summed E-state index contributed by atoms with van der Waals surface area (Å²) in [6.07, 6.45) is 3.16. The maximum atomic E-state index is 12.5. The average molecular weight is 562 g/mol. The molecule has 2 aromatic carbocycles. The zero-order valence-corrected chi connectivity index (χ0v) is 24.3. The van der Waals surface area contributed by atoms with Crippen LogP contribution in [0.1, 0.15) is 39.5 Å². The van der Waals surface area contributed by atoms with Crippen molar-refractivity contribution in [3.05, 3.63) is 70.3 Å². The second-order valence-corrected chi connectivity index (χ2v) is 11.8. The molecular weight excluding hydrogens is 522 g/mol. The van der Waals surface area contributed by atoms with E-state index in [4.69, 9.17) is 9.47 Å². The minimum atomic E-state index is -0.286. The van der Waals surface area contributed by atoms with Gasteiger partial charge in [-0.25, -0.2) is 0 Å². The molecule has 3 heterocycles. The first-order valence-electron chi connectivity index (χ1n) is 14.3. The Kier molecular flexibility index (Phi) is 9.39. The van der Waals surface area contributed by atoms with E-state index in [0.717, 1.165) is 57.4 Å². The number of carbonyl (C=O) groups is 1. The minimum absolute atomic E-state index is 0.0910. The monoisotopic (exact) mass is 561 g/mol. The van der Waals surface area contributed by atoms with Crippen molar-refractivity contribution in [2.75, 3.05) is 44.2 Å². The van der Waals surface area contributed by atoms with Gasteiger partial charge in [-0.2, -0.15) is 0 Å². The molecule has 0 radical (unpaired) electrons. The fraction of sp³-hybridized carbons (Fsp3) is 0.438. The molecule has 0 bridgehead atoms. The number of fused-ring (bicyclic) bond motifs is 2. The van der Waals surface area contributed by atoms with Crippen molar-refractivity contribution in [1.82, 2.24) is 9.47 Å². The quantitative estimate of drug-likeness (QED) is 0.153. The van der Waals surface area contributed by atoms with E-state index >= 15 is 0 Å². The number of nitrogens with zero attached hydrogens (tertiary/aromatic N) is 3. The lowest BCUT2D eigenvalue weighted by molar-refractivity contribution is -0.147. The number of carbonyl (C=O) groups excluding carboxylic acids is 1. The number of anilines is 1. The molecule has 0 N–H and O–H groups in total. The van der Waals surface area contributed by atoms with E-state index in [1.54, 1.807) is 17.4 Å². The lowest BCUT2D eigenvalue weighted by Gasteiger charge is -2.36. The Labute approximate surface area is 239 Å². The van der Waals surface area contributed by atoms with Crippen LogP contribution in [0.4, 0.5) is 5.69 Å². The number of aromatic nitrogens is 1.